The summed E-state index contributed by atoms with van der Waals surface area (Å²) < 4.78 is 0. The fraction of sp³-hybridized carbons (Fsp3) is 0.500. The molecule has 0 aliphatic carbocycles. The summed E-state index contributed by atoms with van der Waals surface area (Å²) >= 11 is 5.83. The van der Waals surface area contributed by atoms with Crippen LogP contribution in [-0.4, -0.2) is 23.5 Å². The lowest BCUT2D eigenvalue weighted by atomic mass is 9.97. The van der Waals surface area contributed by atoms with Crippen LogP contribution in [0.2, 0.25) is 5.02 Å². The summed E-state index contributed by atoms with van der Waals surface area (Å²) in [5.41, 5.74) is 1.15. The smallest absolute Gasteiger partial charge is 0.303 e. The number of rotatable bonds is 8. The summed E-state index contributed by atoms with van der Waals surface area (Å²) in [6.45, 7) is 4.24. The van der Waals surface area contributed by atoms with Gasteiger partial charge in [-0.1, -0.05) is 37.6 Å². The quantitative estimate of drug-likeness (QED) is 0.775. The number of carbonyl (C=O) groups excluding carboxylic acids is 1. The summed E-state index contributed by atoms with van der Waals surface area (Å²) in [7, 11) is 0. The van der Waals surface area contributed by atoms with Gasteiger partial charge >= 0.3 is 5.97 Å². The first-order valence-electron chi connectivity index (χ1n) is 7.09. The number of carbonyl (C=O) groups is 2. The second kappa shape index (κ2) is 8.67. The molecule has 2 unspecified atom stereocenters. The van der Waals surface area contributed by atoms with Crippen molar-refractivity contribution in [2.45, 2.75) is 33.1 Å². The Balaban J connectivity index is 2.30. The van der Waals surface area contributed by atoms with Crippen molar-refractivity contribution in [3.63, 3.8) is 0 Å². The van der Waals surface area contributed by atoms with E-state index in [0.29, 0.717) is 18.0 Å². The molecule has 1 aromatic carbocycles. The lowest BCUT2D eigenvalue weighted by Crippen LogP contribution is -2.30. The van der Waals surface area contributed by atoms with E-state index in [2.05, 4.69) is 5.32 Å². The highest BCUT2D eigenvalue weighted by atomic mass is 35.5. The van der Waals surface area contributed by atoms with Gasteiger partial charge in [0.15, 0.2) is 0 Å². The second-order valence-electron chi connectivity index (χ2n) is 5.65. The number of nitrogens with one attached hydrogen (secondary N) is 1. The molecule has 0 aliphatic heterocycles. The SMILES string of the molecule is CC(CNC(=O)CC(C)Cc1ccc(Cl)cc1)CC(=O)O. The molecule has 0 saturated heterocycles. The maximum atomic E-state index is 11.8. The van der Waals surface area contributed by atoms with Gasteiger partial charge in [-0.3, -0.25) is 9.59 Å². The summed E-state index contributed by atoms with van der Waals surface area (Å²) in [6.07, 6.45) is 1.32. The minimum Gasteiger partial charge on any atom is -0.481 e. The molecule has 0 fully saturated rings. The number of amides is 1. The Hall–Kier alpha value is -1.55. The topological polar surface area (TPSA) is 66.4 Å². The molecule has 1 aromatic rings. The third-order valence-corrected chi connectivity index (χ3v) is 3.45. The highest BCUT2D eigenvalue weighted by Gasteiger charge is 2.12. The third-order valence-electron chi connectivity index (χ3n) is 3.20. The van der Waals surface area contributed by atoms with Crippen molar-refractivity contribution in [1.29, 1.82) is 0 Å². The van der Waals surface area contributed by atoms with Crippen LogP contribution < -0.4 is 5.32 Å². The largest absolute Gasteiger partial charge is 0.481 e. The first-order chi connectivity index (χ1) is 9.86. The van der Waals surface area contributed by atoms with E-state index in [1.54, 1.807) is 0 Å². The third kappa shape index (κ3) is 7.71. The van der Waals surface area contributed by atoms with Crippen molar-refractivity contribution in [3.8, 4) is 0 Å². The van der Waals surface area contributed by atoms with Gasteiger partial charge in [-0.05, 0) is 36.0 Å². The number of hydrogen-bond donors (Lipinski definition) is 2. The van der Waals surface area contributed by atoms with Crippen molar-refractivity contribution in [2.24, 2.45) is 11.8 Å². The second-order valence-corrected chi connectivity index (χ2v) is 6.08. The Morgan fingerprint density at radius 1 is 1.14 bits per heavy atom. The van der Waals surface area contributed by atoms with Gasteiger partial charge < -0.3 is 10.4 Å². The first-order valence-corrected chi connectivity index (χ1v) is 7.47. The van der Waals surface area contributed by atoms with Crippen LogP contribution in [0.15, 0.2) is 24.3 Å². The molecule has 2 N–H and O–H groups in total. The Kier molecular flexibility index (Phi) is 7.23. The van der Waals surface area contributed by atoms with Crippen LogP contribution in [0.3, 0.4) is 0 Å². The van der Waals surface area contributed by atoms with Gasteiger partial charge in [0.25, 0.3) is 0 Å². The minimum atomic E-state index is -0.840. The van der Waals surface area contributed by atoms with Crippen LogP contribution in [0.5, 0.6) is 0 Å². The number of benzene rings is 1. The molecular formula is C16H22ClNO3. The van der Waals surface area contributed by atoms with Crippen molar-refractivity contribution in [3.05, 3.63) is 34.9 Å². The van der Waals surface area contributed by atoms with Gasteiger partial charge in [0.05, 0.1) is 0 Å². The van der Waals surface area contributed by atoms with Crippen molar-refractivity contribution in [1.82, 2.24) is 5.32 Å². The van der Waals surface area contributed by atoms with Crippen LogP contribution in [0.4, 0.5) is 0 Å². The van der Waals surface area contributed by atoms with Gasteiger partial charge in [0.2, 0.25) is 5.91 Å². The Labute approximate surface area is 130 Å². The zero-order chi connectivity index (χ0) is 15.8. The number of carboxylic acids is 1. The van der Waals surface area contributed by atoms with Gasteiger partial charge in [-0.15, -0.1) is 0 Å². The number of halogens is 1. The molecule has 5 heteroatoms. The lowest BCUT2D eigenvalue weighted by Gasteiger charge is -2.14. The molecule has 0 aliphatic rings. The highest BCUT2D eigenvalue weighted by Crippen LogP contribution is 2.15. The fourth-order valence-corrected chi connectivity index (χ4v) is 2.27. The van der Waals surface area contributed by atoms with E-state index >= 15 is 0 Å². The molecule has 0 heterocycles. The normalized spacial score (nSPS) is 13.5. The zero-order valence-electron chi connectivity index (χ0n) is 12.4. The summed E-state index contributed by atoms with van der Waals surface area (Å²) in [5.74, 6) is -0.708. The maximum absolute atomic E-state index is 11.8. The van der Waals surface area contributed by atoms with Crippen LogP contribution in [-0.2, 0) is 16.0 Å². The van der Waals surface area contributed by atoms with Gasteiger partial charge in [0, 0.05) is 24.4 Å². The Morgan fingerprint density at radius 3 is 2.33 bits per heavy atom. The highest BCUT2D eigenvalue weighted by molar-refractivity contribution is 6.30. The zero-order valence-corrected chi connectivity index (χ0v) is 13.2. The molecule has 0 radical (unpaired) electrons. The molecule has 1 amide bonds. The predicted molar refractivity (Wildman–Crippen MR) is 83.4 cm³/mol. The average Bonchev–Trinajstić information content (AvgIpc) is 2.38. The standard InChI is InChI=1S/C16H22ClNO3/c1-11(7-13-3-5-14(17)6-4-13)8-15(19)18-10-12(2)9-16(20)21/h3-6,11-12H,7-10H2,1-2H3,(H,18,19)(H,20,21). The number of hydrogen-bond acceptors (Lipinski definition) is 2. The molecule has 116 valence electrons. The summed E-state index contributed by atoms with van der Waals surface area (Å²) in [5, 5.41) is 12.2. The fourth-order valence-electron chi connectivity index (χ4n) is 2.14. The average molecular weight is 312 g/mol. The van der Waals surface area contributed by atoms with Crippen LogP contribution >= 0.6 is 11.6 Å². The first kappa shape index (κ1) is 17.5. The molecular weight excluding hydrogens is 290 g/mol. The molecule has 1 rings (SSSR count). The lowest BCUT2D eigenvalue weighted by molar-refractivity contribution is -0.138. The Bertz CT molecular complexity index is 473. The Morgan fingerprint density at radius 2 is 1.76 bits per heavy atom. The van der Waals surface area contributed by atoms with E-state index in [9.17, 15) is 9.59 Å². The van der Waals surface area contributed by atoms with Crippen molar-refractivity contribution in [2.75, 3.05) is 6.54 Å². The molecule has 21 heavy (non-hydrogen) atoms. The van der Waals surface area contributed by atoms with Gasteiger partial charge in [0.1, 0.15) is 0 Å². The molecule has 2 atom stereocenters. The van der Waals surface area contributed by atoms with E-state index in [1.807, 2.05) is 38.1 Å². The minimum absolute atomic E-state index is 0.0336. The number of carboxylic acid groups (broad SMARTS) is 1. The van der Waals surface area contributed by atoms with Crippen LogP contribution in [0, 0.1) is 11.8 Å². The van der Waals surface area contributed by atoms with Gasteiger partial charge in [-0.2, -0.15) is 0 Å². The van der Waals surface area contributed by atoms with E-state index in [4.69, 9.17) is 16.7 Å². The summed E-state index contributed by atoms with van der Waals surface area (Å²) in [4.78, 5) is 22.3. The molecule has 0 spiro atoms. The molecule has 0 bridgehead atoms. The molecule has 0 saturated carbocycles. The van der Waals surface area contributed by atoms with E-state index in [0.717, 1.165) is 12.0 Å². The van der Waals surface area contributed by atoms with E-state index in [-0.39, 0.29) is 24.2 Å². The van der Waals surface area contributed by atoms with E-state index < -0.39 is 5.97 Å². The van der Waals surface area contributed by atoms with Crippen LogP contribution in [0.1, 0.15) is 32.3 Å². The monoisotopic (exact) mass is 311 g/mol. The number of aliphatic carboxylic acids is 1. The van der Waals surface area contributed by atoms with Crippen molar-refractivity contribution < 1.29 is 14.7 Å². The summed E-state index contributed by atoms with van der Waals surface area (Å²) in [6, 6.07) is 7.62. The van der Waals surface area contributed by atoms with Gasteiger partial charge in [-0.25, -0.2) is 0 Å². The molecule has 4 nitrogen and oxygen atoms in total. The predicted octanol–water partition coefficient (Wildman–Crippen LogP) is 3.14. The van der Waals surface area contributed by atoms with Crippen LogP contribution in [0.25, 0.3) is 0 Å². The van der Waals surface area contributed by atoms with Crippen molar-refractivity contribution >= 4 is 23.5 Å². The molecule has 0 aromatic heterocycles. The van der Waals surface area contributed by atoms with E-state index in [1.165, 1.54) is 0 Å². The maximum Gasteiger partial charge on any atom is 0.303 e.